The molecular formula is C19H42NaOP. The minimum absolute atomic E-state index is 0. The fourth-order valence-corrected chi connectivity index (χ4v) is 2.98. The smallest absolute Gasteiger partial charge is 0.857 e. The maximum absolute atomic E-state index is 8.25. The minimum atomic E-state index is 0. The molecule has 0 saturated heterocycles. The van der Waals surface area contributed by atoms with Gasteiger partial charge in [-0.15, -0.1) is 9.24 Å². The Morgan fingerprint density at radius 1 is 0.500 bits per heavy atom. The monoisotopic (exact) mass is 340 g/mol. The fourth-order valence-electron chi connectivity index (χ4n) is 2.69. The van der Waals surface area contributed by atoms with Crippen LogP contribution >= 0.6 is 9.24 Å². The van der Waals surface area contributed by atoms with E-state index in [1.807, 2.05) is 0 Å². The molecule has 0 aliphatic heterocycles. The molecule has 0 fully saturated rings. The predicted molar refractivity (Wildman–Crippen MR) is 100 cm³/mol. The van der Waals surface area contributed by atoms with Crippen LogP contribution in [0.1, 0.15) is 110 Å². The molecule has 3 heteroatoms. The second-order valence-electron chi connectivity index (χ2n) is 6.09. The van der Waals surface area contributed by atoms with Crippen LogP contribution in [0.2, 0.25) is 0 Å². The molecule has 130 valence electrons. The van der Waals surface area contributed by atoms with E-state index in [9.17, 15) is 0 Å². The minimum Gasteiger partial charge on any atom is -0.857 e. The Hall–Kier alpha value is 1.39. The molecule has 0 aromatic heterocycles. The van der Waals surface area contributed by atoms with Crippen molar-refractivity contribution in [2.75, 3.05) is 13.3 Å². The number of hydrogen-bond donors (Lipinski definition) is 0. The summed E-state index contributed by atoms with van der Waals surface area (Å²) in [6.07, 6.45) is 24.7. The van der Waals surface area contributed by atoms with Crippen molar-refractivity contribution >= 4 is 9.24 Å². The zero-order valence-electron chi connectivity index (χ0n) is 16.0. The van der Waals surface area contributed by atoms with Crippen molar-refractivity contribution in [2.45, 2.75) is 110 Å². The third-order valence-corrected chi connectivity index (χ3v) is 4.47. The van der Waals surface area contributed by atoms with Crippen molar-refractivity contribution in [3.8, 4) is 0 Å². The van der Waals surface area contributed by atoms with Gasteiger partial charge >= 0.3 is 29.6 Å². The van der Waals surface area contributed by atoms with Gasteiger partial charge in [-0.05, 0) is 12.6 Å². The molecule has 0 aromatic carbocycles. The molecule has 0 rings (SSSR count). The molecule has 0 saturated carbocycles. The average molecular weight is 341 g/mol. The molecule has 22 heavy (non-hydrogen) atoms. The van der Waals surface area contributed by atoms with E-state index in [0.717, 1.165) is 7.11 Å². The molecule has 0 aromatic rings. The van der Waals surface area contributed by atoms with Gasteiger partial charge in [-0.2, -0.15) is 7.11 Å². The molecule has 0 amide bonds. The van der Waals surface area contributed by atoms with Crippen LogP contribution in [0.15, 0.2) is 0 Å². The van der Waals surface area contributed by atoms with Crippen LogP contribution in [0.25, 0.3) is 0 Å². The molecule has 0 bridgehead atoms. The Morgan fingerprint density at radius 3 is 0.955 bits per heavy atom. The van der Waals surface area contributed by atoms with Crippen LogP contribution < -0.4 is 34.7 Å². The largest absolute Gasteiger partial charge is 1.00 e. The van der Waals surface area contributed by atoms with Crippen molar-refractivity contribution in [1.82, 2.24) is 0 Å². The molecule has 0 radical (unpaired) electrons. The standard InChI is InChI=1S/C18H39P.CH3O.Na/c1-2-3-4-5-6-7-8-9-10-11-12-13-14-15-16-17-18-19;1-2;/h2-19H2,1H3;1H3;/q;-1;+1. The van der Waals surface area contributed by atoms with Gasteiger partial charge in [0.15, 0.2) is 0 Å². The Morgan fingerprint density at radius 2 is 0.727 bits per heavy atom. The van der Waals surface area contributed by atoms with Crippen molar-refractivity contribution in [3.63, 3.8) is 0 Å². The fraction of sp³-hybridized carbons (Fsp3) is 1.00. The van der Waals surface area contributed by atoms with E-state index in [1.54, 1.807) is 0 Å². The molecule has 1 nitrogen and oxygen atoms in total. The first kappa shape index (κ1) is 28.2. The van der Waals surface area contributed by atoms with E-state index in [2.05, 4.69) is 16.2 Å². The first-order valence-electron chi connectivity index (χ1n) is 9.52. The van der Waals surface area contributed by atoms with Gasteiger partial charge in [0, 0.05) is 0 Å². The Bertz CT molecular complexity index is 140. The van der Waals surface area contributed by atoms with E-state index >= 15 is 0 Å². The van der Waals surface area contributed by atoms with E-state index in [1.165, 1.54) is 109 Å². The summed E-state index contributed by atoms with van der Waals surface area (Å²) in [7, 11) is 3.58. The topological polar surface area (TPSA) is 23.1 Å². The normalized spacial score (nSPS) is 9.82. The number of unbranched alkanes of at least 4 members (excludes halogenated alkanes) is 15. The van der Waals surface area contributed by atoms with Gasteiger partial charge < -0.3 is 5.11 Å². The van der Waals surface area contributed by atoms with Crippen LogP contribution in [0.3, 0.4) is 0 Å². The van der Waals surface area contributed by atoms with Crippen LogP contribution in [0, 0.1) is 0 Å². The van der Waals surface area contributed by atoms with Gasteiger partial charge in [0.25, 0.3) is 0 Å². The maximum atomic E-state index is 8.25. The number of hydrogen-bond acceptors (Lipinski definition) is 1. The Balaban J connectivity index is -0.00000115. The van der Waals surface area contributed by atoms with Gasteiger partial charge in [0.05, 0.1) is 0 Å². The quantitative estimate of drug-likeness (QED) is 0.240. The van der Waals surface area contributed by atoms with Crippen molar-refractivity contribution < 1.29 is 34.7 Å². The summed E-state index contributed by atoms with van der Waals surface area (Å²) in [6, 6.07) is 0. The van der Waals surface area contributed by atoms with E-state index in [0.29, 0.717) is 0 Å². The maximum Gasteiger partial charge on any atom is 1.00 e. The van der Waals surface area contributed by atoms with E-state index in [4.69, 9.17) is 5.11 Å². The Labute approximate surface area is 166 Å². The van der Waals surface area contributed by atoms with Gasteiger partial charge in [0.1, 0.15) is 0 Å². The van der Waals surface area contributed by atoms with Crippen LogP contribution in [0.4, 0.5) is 0 Å². The van der Waals surface area contributed by atoms with Crippen molar-refractivity contribution in [3.05, 3.63) is 0 Å². The van der Waals surface area contributed by atoms with Gasteiger partial charge in [-0.25, -0.2) is 0 Å². The van der Waals surface area contributed by atoms with E-state index < -0.39 is 0 Å². The molecule has 1 unspecified atom stereocenters. The second-order valence-corrected chi connectivity index (χ2v) is 6.67. The zero-order valence-corrected chi connectivity index (χ0v) is 19.2. The third-order valence-electron chi connectivity index (χ3n) is 4.06. The summed E-state index contributed by atoms with van der Waals surface area (Å²) in [6.45, 7) is 2.29. The van der Waals surface area contributed by atoms with Crippen molar-refractivity contribution in [2.24, 2.45) is 0 Å². The zero-order chi connectivity index (χ0) is 16.0. The SMILES string of the molecule is CCCCCCCCCCCCCCCCCCP.C[O-].[Na+]. The van der Waals surface area contributed by atoms with Gasteiger partial charge in [-0.1, -0.05) is 103 Å². The number of rotatable bonds is 16. The van der Waals surface area contributed by atoms with Crippen LogP contribution in [-0.2, 0) is 0 Å². The van der Waals surface area contributed by atoms with Gasteiger partial charge in [0.2, 0.25) is 0 Å². The first-order valence-corrected chi connectivity index (χ1v) is 10.3. The molecule has 0 spiro atoms. The first-order chi connectivity index (χ1) is 10.4. The summed E-state index contributed by atoms with van der Waals surface area (Å²) < 4.78 is 0. The molecule has 1 atom stereocenters. The molecular weight excluding hydrogens is 298 g/mol. The predicted octanol–water partition coefficient (Wildman–Crippen LogP) is 3.10. The third kappa shape index (κ3) is 29.4. The van der Waals surface area contributed by atoms with Crippen molar-refractivity contribution in [1.29, 1.82) is 0 Å². The molecule has 0 aliphatic carbocycles. The van der Waals surface area contributed by atoms with Gasteiger partial charge in [-0.3, -0.25) is 0 Å². The summed E-state index contributed by atoms with van der Waals surface area (Å²) >= 11 is 0. The summed E-state index contributed by atoms with van der Waals surface area (Å²) in [5, 5.41) is 8.25. The van der Waals surface area contributed by atoms with E-state index in [-0.39, 0.29) is 29.6 Å². The average Bonchev–Trinajstić information content (AvgIpc) is 2.53. The van der Waals surface area contributed by atoms with Crippen LogP contribution in [0.5, 0.6) is 0 Å². The molecule has 0 N–H and O–H groups in total. The molecule has 0 heterocycles. The Kier molecular flexibility index (Phi) is 38.8. The second kappa shape index (κ2) is 30.3. The summed E-state index contributed by atoms with van der Waals surface area (Å²) in [5.41, 5.74) is 0. The van der Waals surface area contributed by atoms with Crippen LogP contribution in [-0.4, -0.2) is 13.3 Å². The molecule has 0 aliphatic rings. The summed E-state index contributed by atoms with van der Waals surface area (Å²) in [4.78, 5) is 0. The summed E-state index contributed by atoms with van der Waals surface area (Å²) in [5.74, 6) is 0.